The number of primary amides is 1. The minimum Gasteiger partial charge on any atom is -0.370 e. The number of benzene rings is 3. The van der Waals surface area contributed by atoms with E-state index in [1.54, 1.807) is 31.2 Å². The number of hydrogen-bond donors (Lipinski definition) is 3. The Hall–Kier alpha value is -3.75. The summed E-state index contributed by atoms with van der Waals surface area (Å²) in [6, 6.07) is 15.9. The van der Waals surface area contributed by atoms with Crippen molar-refractivity contribution in [2.45, 2.75) is 31.3 Å². The van der Waals surface area contributed by atoms with Crippen molar-refractivity contribution in [1.82, 2.24) is 5.32 Å². The highest BCUT2D eigenvalue weighted by Crippen LogP contribution is 2.55. The van der Waals surface area contributed by atoms with Gasteiger partial charge in [-0.25, -0.2) is 4.90 Å². The van der Waals surface area contributed by atoms with Crippen LogP contribution in [0.15, 0.2) is 54.6 Å². The van der Waals surface area contributed by atoms with Crippen LogP contribution in [0.25, 0.3) is 10.8 Å². The number of halogens is 1. The second-order valence-electron chi connectivity index (χ2n) is 9.66. The van der Waals surface area contributed by atoms with E-state index in [0.29, 0.717) is 27.5 Å². The normalized spacial score (nSPS) is 26.6. The van der Waals surface area contributed by atoms with E-state index in [0.717, 1.165) is 10.8 Å². The molecule has 6 rings (SSSR count). The molecule has 182 valence electrons. The average molecular weight is 503 g/mol. The molecule has 2 unspecified atom stereocenters. The minimum absolute atomic E-state index is 0.0164. The molecule has 8 nitrogen and oxygen atoms in total. The molecule has 4 atom stereocenters. The molecule has 1 spiro atoms. The quantitative estimate of drug-likeness (QED) is 0.473. The van der Waals surface area contributed by atoms with Gasteiger partial charge < -0.3 is 11.1 Å². The van der Waals surface area contributed by atoms with Crippen molar-refractivity contribution >= 4 is 57.4 Å². The third kappa shape index (κ3) is 2.98. The van der Waals surface area contributed by atoms with Crippen molar-refractivity contribution in [3.05, 3.63) is 70.7 Å². The van der Waals surface area contributed by atoms with Crippen LogP contribution in [0, 0.1) is 18.8 Å². The van der Waals surface area contributed by atoms with Gasteiger partial charge in [-0.3, -0.25) is 24.5 Å². The Kier molecular flexibility index (Phi) is 4.97. The van der Waals surface area contributed by atoms with E-state index in [-0.39, 0.29) is 12.8 Å². The molecule has 9 heteroatoms. The van der Waals surface area contributed by atoms with Gasteiger partial charge in [0.05, 0.1) is 23.2 Å². The molecule has 0 radical (unpaired) electrons. The summed E-state index contributed by atoms with van der Waals surface area (Å²) in [6.07, 6.45) is 0.237. The molecule has 3 aliphatic heterocycles. The Labute approximate surface area is 211 Å². The lowest BCUT2D eigenvalue weighted by atomic mass is 9.76. The number of nitrogens with zero attached hydrogens (tertiary/aromatic N) is 1. The lowest BCUT2D eigenvalue weighted by Crippen LogP contribution is -2.53. The number of imide groups is 1. The topological polar surface area (TPSA) is 122 Å². The molecule has 3 aromatic rings. The van der Waals surface area contributed by atoms with Crippen LogP contribution in [-0.2, 0) is 24.7 Å². The van der Waals surface area contributed by atoms with Crippen LogP contribution >= 0.6 is 11.6 Å². The number of fused-ring (bicyclic) bond motifs is 5. The summed E-state index contributed by atoms with van der Waals surface area (Å²) in [5.41, 5.74) is 6.19. The predicted molar refractivity (Wildman–Crippen MR) is 135 cm³/mol. The van der Waals surface area contributed by atoms with Gasteiger partial charge in [-0.2, -0.15) is 0 Å². The van der Waals surface area contributed by atoms with Crippen molar-refractivity contribution < 1.29 is 19.2 Å². The highest BCUT2D eigenvalue weighted by Gasteiger charge is 2.70. The number of carbonyl (C=O) groups excluding carboxylic acids is 4. The molecule has 0 saturated carbocycles. The number of anilines is 2. The van der Waals surface area contributed by atoms with Crippen LogP contribution in [0.4, 0.5) is 11.4 Å². The predicted octanol–water partition coefficient (Wildman–Crippen LogP) is 2.99. The summed E-state index contributed by atoms with van der Waals surface area (Å²) in [4.78, 5) is 54.3. The molecule has 2 saturated heterocycles. The summed E-state index contributed by atoms with van der Waals surface area (Å²) >= 11 is 6.31. The van der Waals surface area contributed by atoms with Crippen LogP contribution in [0.2, 0.25) is 5.02 Å². The number of rotatable bonds is 4. The van der Waals surface area contributed by atoms with Gasteiger partial charge in [0, 0.05) is 23.0 Å². The van der Waals surface area contributed by atoms with Crippen LogP contribution in [0.1, 0.15) is 24.0 Å². The molecule has 36 heavy (non-hydrogen) atoms. The Balaban J connectivity index is 1.50. The number of amides is 4. The average Bonchev–Trinajstić information content (AvgIpc) is 3.44. The number of nitrogens with two attached hydrogens (primary N) is 1. The van der Waals surface area contributed by atoms with Crippen molar-refractivity contribution in [1.29, 1.82) is 0 Å². The monoisotopic (exact) mass is 502 g/mol. The first-order valence-corrected chi connectivity index (χ1v) is 12.2. The van der Waals surface area contributed by atoms with Gasteiger partial charge >= 0.3 is 0 Å². The zero-order valence-corrected chi connectivity index (χ0v) is 20.1. The van der Waals surface area contributed by atoms with E-state index in [1.807, 2.05) is 30.3 Å². The summed E-state index contributed by atoms with van der Waals surface area (Å²) in [5, 5.41) is 8.55. The molecule has 0 aliphatic carbocycles. The lowest BCUT2D eigenvalue weighted by molar-refractivity contribution is -0.130. The molecule has 3 heterocycles. The zero-order chi connectivity index (χ0) is 25.4. The van der Waals surface area contributed by atoms with E-state index in [4.69, 9.17) is 17.3 Å². The Morgan fingerprint density at radius 2 is 1.81 bits per heavy atom. The van der Waals surface area contributed by atoms with Crippen molar-refractivity contribution in [3.63, 3.8) is 0 Å². The maximum atomic E-state index is 14.1. The highest BCUT2D eigenvalue weighted by atomic mass is 35.5. The second-order valence-corrected chi connectivity index (χ2v) is 10.1. The van der Waals surface area contributed by atoms with E-state index in [1.165, 1.54) is 4.90 Å². The molecule has 0 aromatic heterocycles. The van der Waals surface area contributed by atoms with E-state index in [2.05, 4.69) is 10.6 Å². The number of nitrogens with one attached hydrogen (secondary N) is 2. The molecular weight excluding hydrogens is 480 g/mol. The molecule has 3 aliphatic rings. The lowest BCUT2D eigenvalue weighted by Gasteiger charge is -2.29. The van der Waals surface area contributed by atoms with Gasteiger partial charge in [0.25, 0.3) is 0 Å². The molecule has 2 fully saturated rings. The molecule has 3 aromatic carbocycles. The van der Waals surface area contributed by atoms with Gasteiger partial charge in [-0.1, -0.05) is 48.0 Å². The smallest absolute Gasteiger partial charge is 0.250 e. The first kappa shape index (κ1) is 22.7. The fraction of sp³-hybridized carbons (Fsp3) is 0.259. The Bertz CT molecular complexity index is 1500. The van der Waals surface area contributed by atoms with Gasteiger partial charge in [0.15, 0.2) is 0 Å². The van der Waals surface area contributed by atoms with Crippen molar-refractivity contribution in [2.75, 3.05) is 10.2 Å². The number of hydrogen-bond acceptors (Lipinski definition) is 5. The third-order valence-corrected chi connectivity index (χ3v) is 8.19. The highest BCUT2D eigenvalue weighted by molar-refractivity contribution is 6.32. The maximum Gasteiger partial charge on any atom is 0.250 e. The maximum absolute atomic E-state index is 14.1. The number of carbonyl (C=O) groups is 4. The molecule has 4 amide bonds. The zero-order valence-electron chi connectivity index (χ0n) is 19.4. The van der Waals surface area contributed by atoms with Gasteiger partial charge in [-0.05, 0) is 47.9 Å². The first-order valence-electron chi connectivity index (χ1n) is 11.8. The fourth-order valence-corrected chi connectivity index (χ4v) is 6.26. The first-order chi connectivity index (χ1) is 17.2. The Morgan fingerprint density at radius 1 is 1.06 bits per heavy atom. The SMILES string of the molecule is Cc1c(Cl)ccc2c1NC(=O)C21NC(CCC(N)=O)[C@H]2C(=O)N(c3ccc4ccccc4c3)C(=O)[C@H]21. The van der Waals surface area contributed by atoms with Crippen LogP contribution in [-0.4, -0.2) is 29.7 Å². The van der Waals surface area contributed by atoms with Gasteiger partial charge in [0.1, 0.15) is 5.54 Å². The van der Waals surface area contributed by atoms with Crippen LogP contribution < -0.4 is 21.3 Å². The summed E-state index contributed by atoms with van der Waals surface area (Å²) in [6.45, 7) is 1.79. The van der Waals surface area contributed by atoms with Crippen LogP contribution in [0.3, 0.4) is 0 Å². The molecule has 0 bridgehead atoms. The van der Waals surface area contributed by atoms with Gasteiger partial charge in [-0.15, -0.1) is 0 Å². The third-order valence-electron chi connectivity index (χ3n) is 7.78. The minimum atomic E-state index is -1.46. The van der Waals surface area contributed by atoms with Crippen molar-refractivity contribution in [2.24, 2.45) is 17.6 Å². The second kappa shape index (κ2) is 7.88. The largest absolute Gasteiger partial charge is 0.370 e. The summed E-state index contributed by atoms with van der Waals surface area (Å²) in [5.74, 6) is -3.61. The van der Waals surface area contributed by atoms with Gasteiger partial charge in [0.2, 0.25) is 23.6 Å². The molecule has 4 N–H and O–H groups in total. The fourth-order valence-electron chi connectivity index (χ4n) is 6.11. The Morgan fingerprint density at radius 3 is 2.56 bits per heavy atom. The van der Waals surface area contributed by atoms with Crippen molar-refractivity contribution in [3.8, 4) is 0 Å². The van der Waals surface area contributed by atoms with E-state index >= 15 is 0 Å². The molecular formula is C27H23ClN4O4. The standard InChI is InChI=1S/C27H23ClN4O4/c1-13-18(28)9-8-17-23(13)30-26(36)27(17)22-21(19(31-27)10-11-20(29)33)24(34)32(25(22)35)16-7-6-14-4-2-3-5-15(14)12-16/h2-9,12,19,21-22,31H,10-11H2,1H3,(H2,29,33)(H,30,36)/t19?,21-,22+,27?/m1/s1. The summed E-state index contributed by atoms with van der Waals surface area (Å²) < 4.78 is 0. The van der Waals surface area contributed by atoms with E-state index < -0.39 is 47.0 Å². The van der Waals surface area contributed by atoms with E-state index in [9.17, 15) is 19.2 Å². The summed E-state index contributed by atoms with van der Waals surface area (Å²) in [7, 11) is 0. The van der Waals surface area contributed by atoms with Crippen LogP contribution in [0.5, 0.6) is 0 Å².